The molecule has 106 valence electrons. The summed E-state index contributed by atoms with van der Waals surface area (Å²) in [4.78, 5) is 8.92. The second-order valence-electron chi connectivity index (χ2n) is 4.58. The van der Waals surface area contributed by atoms with E-state index in [1.807, 2.05) is 36.5 Å². The summed E-state index contributed by atoms with van der Waals surface area (Å²) in [5.41, 5.74) is 5.55. The summed E-state index contributed by atoms with van der Waals surface area (Å²) in [7, 11) is 0. The normalized spacial score (nSPS) is 12.5. The van der Waals surface area contributed by atoms with Crippen molar-refractivity contribution in [1.82, 2.24) is 15.4 Å². The number of hydrogen-bond acceptors (Lipinski definition) is 4. The molecule has 0 aliphatic carbocycles. The van der Waals surface area contributed by atoms with Crippen molar-refractivity contribution in [2.75, 3.05) is 0 Å². The summed E-state index contributed by atoms with van der Waals surface area (Å²) in [6.07, 6.45) is 3.57. The van der Waals surface area contributed by atoms with Gasteiger partial charge in [0.2, 0.25) is 0 Å². The van der Waals surface area contributed by atoms with Crippen LogP contribution in [0.15, 0.2) is 57.7 Å². The molecule has 3 N–H and O–H groups in total. The Morgan fingerprint density at radius 1 is 1.05 bits per heavy atom. The molecule has 2 heterocycles. The first kappa shape index (κ1) is 14.6. The molecular weight excluding hydrogens is 396 g/mol. The van der Waals surface area contributed by atoms with Gasteiger partial charge in [-0.1, -0.05) is 18.2 Å². The maximum atomic E-state index is 5.74. The van der Waals surface area contributed by atoms with Gasteiger partial charge in [0.25, 0.3) is 0 Å². The summed E-state index contributed by atoms with van der Waals surface area (Å²) in [5.74, 6) is 5.74. The van der Waals surface area contributed by atoms with Gasteiger partial charge in [-0.2, -0.15) is 0 Å². The van der Waals surface area contributed by atoms with Gasteiger partial charge in [-0.25, -0.2) is 5.43 Å². The lowest BCUT2D eigenvalue weighted by Gasteiger charge is -2.17. The highest BCUT2D eigenvalue weighted by atomic mass is 79.9. The number of pyridine rings is 2. The monoisotopic (exact) mass is 406 g/mol. The van der Waals surface area contributed by atoms with E-state index in [0.29, 0.717) is 0 Å². The van der Waals surface area contributed by atoms with E-state index in [-0.39, 0.29) is 6.04 Å². The molecule has 0 amide bonds. The van der Waals surface area contributed by atoms with Gasteiger partial charge < -0.3 is 0 Å². The van der Waals surface area contributed by atoms with E-state index in [2.05, 4.69) is 53.3 Å². The molecule has 0 aliphatic rings. The average Bonchev–Trinajstić information content (AvgIpc) is 2.50. The highest BCUT2D eigenvalue weighted by molar-refractivity contribution is 9.11. The molecule has 0 spiro atoms. The third-order valence-corrected chi connectivity index (χ3v) is 4.29. The van der Waals surface area contributed by atoms with Crippen molar-refractivity contribution < 1.29 is 0 Å². The SMILES string of the molecule is NNC(c1cnc2ccccc2c1)c1ncc(Br)cc1Br. The zero-order valence-electron chi connectivity index (χ0n) is 10.9. The largest absolute Gasteiger partial charge is 0.271 e. The van der Waals surface area contributed by atoms with Crippen molar-refractivity contribution in [3.05, 3.63) is 69.0 Å². The molecule has 1 atom stereocenters. The van der Waals surface area contributed by atoms with Crippen LogP contribution in [0, 0.1) is 0 Å². The highest BCUT2D eigenvalue weighted by Crippen LogP contribution is 2.29. The van der Waals surface area contributed by atoms with Crippen molar-refractivity contribution in [3.8, 4) is 0 Å². The lowest BCUT2D eigenvalue weighted by atomic mass is 10.0. The number of hydrazine groups is 1. The van der Waals surface area contributed by atoms with Gasteiger partial charge in [0, 0.05) is 26.7 Å². The molecule has 0 saturated heterocycles. The number of aromatic nitrogens is 2. The van der Waals surface area contributed by atoms with Crippen LogP contribution in [0.1, 0.15) is 17.3 Å². The first-order chi connectivity index (χ1) is 10.2. The van der Waals surface area contributed by atoms with Crippen LogP contribution >= 0.6 is 31.9 Å². The zero-order chi connectivity index (χ0) is 14.8. The van der Waals surface area contributed by atoms with Crippen LogP contribution in [-0.2, 0) is 0 Å². The van der Waals surface area contributed by atoms with Crippen LogP contribution in [0.5, 0.6) is 0 Å². The number of fused-ring (bicyclic) bond motifs is 1. The summed E-state index contributed by atoms with van der Waals surface area (Å²) in [5, 5.41) is 1.07. The zero-order valence-corrected chi connectivity index (χ0v) is 14.1. The second kappa shape index (κ2) is 6.19. The van der Waals surface area contributed by atoms with Gasteiger partial charge in [-0.3, -0.25) is 15.8 Å². The van der Waals surface area contributed by atoms with Crippen molar-refractivity contribution >= 4 is 42.8 Å². The fourth-order valence-electron chi connectivity index (χ4n) is 2.22. The number of nitrogens with zero attached hydrogens (tertiary/aromatic N) is 2. The third kappa shape index (κ3) is 2.98. The maximum absolute atomic E-state index is 5.74. The molecule has 3 rings (SSSR count). The molecular formula is C15H12Br2N4. The molecule has 0 radical (unpaired) electrons. The molecule has 21 heavy (non-hydrogen) atoms. The van der Waals surface area contributed by atoms with Crippen LogP contribution in [0.25, 0.3) is 10.9 Å². The van der Waals surface area contributed by atoms with E-state index in [0.717, 1.165) is 31.1 Å². The van der Waals surface area contributed by atoms with Gasteiger partial charge in [-0.15, -0.1) is 0 Å². The van der Waals surface area contributed by atoms with Gasteiger partial charge in [0.05, 0.1) is 17.3 Å². The lowest BCUT2D eigenvalue weighted by molar-refractivity contribution is 0.616. The third-order valence-electron chi connectivity index (χ3n) is 3.22. The molecule has 0 aliphatic heterocycles. The minimum Gasteiger partial charge on any atom is -0.271 e. The number of rotatable bonds is 3. The summed E-state index contributed by atoms with van der Waals surface area (Å²) in [6.45, 7) is 0. The Hall–Kier alpha value is -1.34. The molecule has 2 aromatic heterocycles. The van der Waals surface area contributed by atoms with E-state index < -0.39 is 0 Å². The smallest absolute Gasteiger partial charge is 0.0907 e. The predicted molar refractivity (Wildman–Crippen MR) is 90.5 cm³/mol. The number of para-hydroxylation sites is 1. The quantitative estimate of drug-likeness (QED) is 0.513. The lowest BCUT2D eigenvalue weighted by Crippen LogP contribution is -2.30. The van der Waals surface area contributed by atoms with Crippen molar-refractivity contribution in [2.45, 2.75) is 6.04 Å². The summed E-state index contributed by atoms with van der Waals surface area (Å²) in [6, 6.07) is 11.8. The Morgan fingerprint density at radius 2 is 1.86 bits per heavy atom. The summed E-state index contributed by atoms with van der Waals surface area (Å²) >= 11 is 6.93. The number of halogens is 2. The van der Waals surface area contributed by atoms with E-state index in [1.54, 1.807) is 6.20 Å². The molecule has 1 unspecified atom stereocenters. The molecule has 1 aromatic carbocycles. The van der Waals surface area contributed by atoms with Gasteiger partial charge in [-0.05, 0) is 55.6 Å². The topological polar surface area (TPSA) is 63.8 Å². The molecule has 3 aromatic rings. The first-order valence-electron chi connectivity index (χ1n) is 6.31. The number of nitrogens with two attached hydrogens (primary N) is 1. The Bertz CT molecular complexity index is 791. The van der Waals surface area contributed by atoms with Crippen LogP contribution in [0.3, 0.4) is 0 Å². The van der Waals surface area contributed by atoms with E-state index in [1.165, 1.54) is 0 Å². The van der Waals surface area contributed by atoms with Gasteiger partial charge in [0.15, 0.2) is 0 Å². The Labute approximate surface area is 139 Å². The van der Waals surface area contributed by atoms with Crippen LogP contribution in [-0.4, -0.2) is 9.97 Å². The maximum Gasteiger partial charge on any atom is 0.0907 e. The fourth-order valence-corrected chi connectivity index (χ4v) is 3.43. The average molecular weight is 408 g/mol. The summed E-state index contributed by atoms with van der Waals surface area (Å²) < 4.78 is 1.79. The predicted octanol–water partition coefficient (Wildman–Crippen LogP) is 3.71. The van der Waals surface area contributed by atoms with Crippen molar-refractivity contribution in [3.63, 3.8) is 0 Å². The van der Waals surface area contributed by atoms with E-state index in [9.17, 15) is 0 Å². The number of nitrogens with one attached hydrogen (secondary N) is 1. The Morgan fingerprint density at radius 3 is 2.62 bits per heavy atom. The van der Waals surface area contributed by atoms with Crippen LogP contribution in [0.2, 0.25) is 0 Å². The second-order valence-corrected chi connectivity index (χ2v) is 6.35. The van der Waals surface area contributed by atoms with Crippen LogP contribution in [0.4, 0.5) is 0 Å². The first-order valence-corrected chi connectivity index (χ1v) is 7.89. The fraction of sp³-hybridized carbons (Fsp3) is 0.0667. The number of benzene rings is 1. The van der Waals surface area contributed by atoms with E-state index >= 15 is 0 Å². The molecule has 6 heteroatoms. The van der Waals surface area contributed by atoms with Crippen LogP contribution < -0.4 is 11.3 Å². The van der Waals surface area contributed by atoms with Crippen molar-refractivity contribution in [1.29, 1.82) is 0 Å². The Balaban J connectivity index is 2.09. The molecule has 4 nitrogen and oxygen atoms in total. The molecule has 0 fully saturated rings. The molecule has 0 bridgehead atoms. The minimum atomic E-state index is -0.232. The minimum absolute atomic E-state index is 0.232. The van der Waals surface area contributed by atoms with Gasteiger partial charge >= 0.3 is 0 Å². The van der Waals surface area contributed by atoms with Gasteiger partial charge in [0.1, 0.15) is 0 Å². The molecule has 0 saturated carbocycles. The van der Waals surface area contributed by atoms with Crippen molar-refractivity contribution in [2.24, 2.45) is 5.84 Å². The standard InChI is InChI=1S/C15H12Br2N4/c16-11-6-12(17)15(20-8-11)14(21-18)10-5-9-3-1-2-4-13(9)19-7-10/h1-8,14,21H,18H2. The Kier molecular flexibility index (Phi) is 4.30. The highest BCUT2D eigenvalue weighted by Gasteiger charge is 2.18. The van der Waals surface area contributed by atoms with E-state index in [4.69, 9.17) is 5.84 Å². The number of hydrogen-bond donors (Lipinski definition) is 2.